The lowest BCUT2D eigenvalue weighted by atomic mass is 9.86. The van der Waals surface area contributed by atoms with Gasteiger partial charge in [-0.25, -0.2) is 17.8 Å². The fourth-order valence-corrected chi connectivity index (χ4v) is 6.12. The van der Waals surface area contributed by atoms with Gasteiger partial charge in [-0.05, 0) is 39.0 Å². The summed E-state index contributed by atoms with van der Waals surface area (Å²) in [5.41, 5.74) is -2.01. The van der Waals surface area contributed by atoms with Gasteiger partial charge in [-0.3, -0.25) is 14.5 Å². The van der Waals surface area contributed by atoms with E-state index in [0.717, 1.165) is 23.1 Å². The molecule has 0 saturated carbocycles. The molecule has 4 rings (SSSR count). The van der Waals surface area contributed by atoms with Gasteiger partial charge >= 0.3 is 6.61 Å². The van der Waals surface area contributed by atoms with Gasteiger partial charge in [-0.2, -0.15) is 8.78 Å². The molecule has 0 aliphatic carbocycles. The molecule has 3 heterocycles. The number of carbonyl (C=O) groups is 2. The summed E-state index contributed by atoms with van der Waals surface area (Å²) in [4.78, 5) is 31.0. The third kappa shape index (κ3) is 4.03. The van der Waals surface area contributed by atoms with E-state index in [9.17, 15) is 31.2 Å². The van der Waals surface area contributed by atoms with Gasteiger partial charge in [-0.15, -0.1) is 0 Å². The average Bonchev–Trinajstić information content (AvgIpc) is 2.87. The molecule has 2 amide bonds. The van der Waals surface area contributed by atoms with Crippen LogP contribution >= 0.6 is 0 Å². The van der Waals surface area contributed by atoms with E-state index in [4.69, 9.17) is 0 Å². The molecule has 33 heavy (non-hydrogen) atoms. The van der Waals surface area contributed by atoms with Crippen LogP contribution in [0, 0.1) is 5.82 Å². The van der Waals surface area contributed by atoms with Crippen LogP contribution in [-0.2, 0) is 20.0 Å². The van der Waals surface area contributed by atoms with Crippen LogP contribution < -0.4 is 15.0 Å². The summed E-state index contributed by atoms with van der Waals surface area (Å²) in [6.45, 7) is 1.61. The minimum Gasteiger partial charge on any atom is -0.435 e. The fraction of sp³-hybridized carbons (Fsp3) is 0.381. The Hall–Kier alpha value is -3.15. The van der Waals surface area contributed by atoms with E-state index in [1.54, 1.807) is 20.8 Å². The number of rotatable bonds is 5. The first-order chi connectivity index (χ1) is 15.2. The van der Waals surface area contributed by atoms with Gasteiger partial charge < -0.3 is 10.1 Å². The molecule has 12 heteroatoms. The van der Waals surface area contributed by atoms with Crippen LogP contribution in [0.1, 0.15) is 36.7 Å². The number of benzene rings is 1. The molecule has 0 unspecified atom stereocenters. The van der Waals surface area contributed by atoms with E-state index in [-0.39, 0.29) is 34.3 Å². The maximum atomic E-state index is 14.6. The molecular weight excluding hydrogens is 463 g/mol. The summed E-state index contributed by atoms with van der Waals surface area (Å²) in [6.07, 6.45) is 1.18. The number of nitrogens with zero attached hydrogens (tertiary/aromatic N) is 2. The minimum atomic E-state index is -3.18. The monoisotopic (exact) mass is 483 g/mol. The van der Waals surface area contributed by atoms with E-state index < -0.39 is 45.0 Å². The highest BCUT2D eigenvalue weighted by molar-refractivity contribution is 7.93. The van der Waals surface area contributed by atoms with Crippen LogP contribution in [0.15, 0.2) is 30.5 Å². The highest BCUT2D eigenvalue weighted by Crippen LogP contribution is 2.45. The van der Waals surface area contributed by atoms with Crippen molar-refractivity contribution in [1.29, 1.82) is 0 Å². The number of nitrogens with one attached hydrogen (secondary N) is 1. The number of fused-ring (bicyclic) bond motifs is 1. The molecule has 1 N–H and O–H groups in total. The number of anilines is 2. The zero-order chi connectivity index (χ0) is 24.3. The van der Waals surface area contributed by atoms with E-state index in [1.807, 2.05) is 0 Å². The van der Waals surface area contributed by atoms with Crippen molar-refractivity contribution in [3.05, 3.63) is 47.4 Å². The predicted octanol–water partition coefficient (Wildman–Crippen LogP) is 2.69. The molecule has 1 aromatic carbocycles. The van der Waals surface area contributed by atoms with Crippen LogP contribution in [0.5, 0.6) is 5.75 Å². The molecule has 0 atom stereocenters. The normalized spacial score (nSPS) is 19.7. The Balaban J connectivity index is 1.70. The average molecular weight is 483 g/mol. The SMILES string of the molecule is CC1(NC(=O)c2cnc3c(c2)C(C)(C)C(=O)N3c2cc(OC(F)F)ccc2F)CS(=O)(=O)C1. The van der Waals surface area contributed by atoms with Crippen LogP contribution in [-0.4, -0.2) is 48.9 Å². The molecule has 1 fully saturated rings. The molecule has 2 aromatic rings. The number of halogens is 3. The van der Waals surface area contributed by atoms with Gasteiger partial charge in [0.1, 0.15) is 17.4 Å². The molecule has 1 saturated heterocycles. The molecular formula is C21H20F3N3O5S. The highest BCUT2D eigenvalue weighted by Gasteiger charge is 2.48. The third-order valence-electron chi connectivity index (χ3n) is 5.63. The standard InChI is InChI=1S/C21H20F3N3O5S/c1-20(2)13-6-11(17(28)26-21(3)9-33(30,31)10-21)8-25-16(13)27(18(20)29)15-7-12(32-19(23)24)4-5-14(15)22/h4-8,19H,9-10H2,1-3H3,(H,26,28). The van der Waals surface area contributed by atoms with Gasteiger partial charge in [0.05, 0.1) is 33.7 Å². The number of ether oxygens (including phenoxy) is 1. The Kier molecular flexibility index (Phi) is 5.19. The summed E-state index contributed by atoms with van der Waals surface area (Å²) in [5.74, 6) is -2.64. The van der Waals surface area contributed by atoms with Gasteiger partial charge in [0.2, 0.25) is 5.91 Å². The Labute approximate surface area is 187 Å². The van der Waals surface area contributed by atoms with Crippen molar-refractivity contribution in [3.8, 4) is 5.75 Å². The number of carbonyl (C=O) groups excluding carboxylic acids is 2. The summed E-state index contributed by atoms with van der Waals surface area (Å²) in [5, 5.41) is 2.67. The highest BCUT2D eigenvalue weighted by atomic mass is 32.2. The lowest BCUT2D eigenvalue weighted by molar-refractivity contribution is -0.121. The van der Waals surface area contributed by atoms with Crippen molar-refractivity contribution in [3.63, 3.8) is 0 Å². The number of pyridine rings is 1. The van der Waals surface area contributed by atoms with Gasteiger partial charge in [0, 0.05) is 17.8 Å². The Morgan fingerprint density at radius 1 is 1.21 bits per heavy atom. The van der Waals surface area contributed by atoms with Gasteiger partial charge in [0.25, 0.3) is 5.91 Å². The topological polar surface area (TPSA) is 106 Å². The second-order valence-corrected chi connectivity index (χ2v) is 11.0. The van der Waals surface area contributed by atoms with Crippen LogP contribution in [0.4, 0.5) is 24.7 Å². The molecule has 2 aliphatic rings. The Morgan fingerprint density at radius 2 is 1.88 bits per heavy atom. The maximum Gasteiger partial charge on any atom is 0.387 e. The quantitative estimate of drug-likeness (QED) is 0.701. The summed E-state index contributed by atoms with van der Waals surface area (Å²) in [6, 6.07) is 4.33. The van der Waals surface area contributed by atoms with Crippen molar-refractivity contribution >= 4 is 33.2 Å². The third-order valence-corrected chi connectivity index (χ3v) is 7.78. The van der Waals surface area contributed by atoms with E-state index in [0.29, 0.717) is 5.56 Å². The lowest BCUT2D eigenvalue weighted by Gasteiger charge is -2.38. The maximum absolute atomic E-state index is 14.6. The molecule has 2 aliphatic heterocycles. The van der Waals surface area contributed by atoms with Crippen LogP contribution in [0.2, 0.25) is 0 Å². The van der Waals surface area contributed by atoms with Crippen LogP contribution in [0.25, 0.3) is 0 Å². The molecule has 0 bridgehead atoms. The number of alkyl halides is 2. The molecule has 0 radical (unpaired) electrons. The second kappa shape index (κ2) is 7.44. The Morgan fingerprint density at radius 3 is 2.48 bits per heavy atom. The first-order valence-corrected chi connectivity index (χ1v) is 11.7. The number of amides is 2. The Bertz CT molecular complexity index is 1270. The number of aromatic nitrogens is 1. The van der Waals surface area contributed by atoms with Crippen LogP contribution in [0.3, 0.4) is 0 Å². The number of hydrogen-bond acceptors (Lipinski definition) is 6. The first-order valence-electron chi connectivity index (χ1n) is 9.85. The first kappa shape index (κ1) is 23.0. The summed E-state index contributed by atoms with van der Waals surface area (Å²) in [7, 11) is -3.18. The van der Waals surface area contributed by atoms with Gasteiger partial charge in [-0.1, -0.05) is 0 Å². The smallest absolute Gasteiger partial charge is 0.387 e. The summed E-state index contributed by atoms with van der Waals surface area (Å²) < 4.78 is 67.1. The number of sulfone groups is 1. The second-order valence-electron chi connectivity index (χ2n) is 8.90. The fourth-order valence-electron chi connectivity index (χ4n) is 4.12. The van der Waals surface area contributed by atoms with Crippen molar-refractivity contribution in [1.82, 2.24) is 10.3 Å². The van der Waals surface area contributed by atoms with E-state index >= 15 is 0 Å². The lowest BCUT2D eigenvalue weighted by Crippen LogP contribution is -2.63. The van der Waals surface area contributed by atoms with E-state index in [2.05, 4.69) is 15.0 Å². The minimum absolute atomic E-state index is 0.0482. The molecule has 1 aromatic heterocycles. The predicted molar refractivity (Wildman–Crippen MR) is 112 cm³/mol. The molecule has 0 spiro atoms. The van der Waals surface area contributed by atoms with Crippen molar-refractivity contribution in [2.24, 2.45) is 0 Å². The van der Waals surface area contributed by atoms with Crippen molar-refractivity contribution in [2.45, 2.75) is 38.3 Å². The zero-order valence-corrected chi connectivity index (χ0v) is 18.7. The zero-order valence-electron chi connectivity index (χ0n) is 17.9. The summed E-state index contributed by atoms with van der Waals surface area (Å²) >= 11 is 0. The largest absolute Gasteiger partial charge is 0.435 e. The van der Waals surface area contributed by atoms with Crippen molar-refractivity contribution in [2.75, 3.05) is 16.4 Å². The molecule has 176 valence electrons. The van der Waals surface area contributed by atoms with E-state index in [1.165, 1.54) is 12.3 Å². The molecule has 8 nitrogen and oxygen atoms in total. The van der Waals surface area contributed by atoms with Crippen molar-refractivity contribution < 1.29 is 35.9 Å². The number of hydrogen-bond donors (Lipinski definition) is 1. The van der Waals surface area contributed by atoms with Gasteiger partial charge in [0.15, 0.2) is 9.84 Å².